The number of imide groups is 2. The van der Waals surface area contributed by atoms with Gasteiger partial charge in [-0.1, -0.05) is 23.5 Å². The second kappa shape index (κ2) is 5.29. The van der Waals surface area contributed by atoms with Crippen LogP contribution in [0.5, 0.6) is 0 Å². The van der Waals surface area contributed by atoms with Crippen molar-refractivity contribution in [3.63, 3.8) is 0 Å². The van der Waals surface area contributed by atoms with E-state index in [4.69, 9.17) is 0 Å². The van der Waals surface area contributed by atoms with Crippen molar-refractivity contribution in [3.8, 4) is 0 Å². The zero-order valence-electron chi connectivity index (χ0n) is 9.62. The zero-order chi connectivity index (χ0) is 13.3. The average molecular weight is 289 g/mol. The first-order chi connectivity index (χ1) is 8.49. The van der Waals surface area contributed by atoms with E-state index >= 15 is 0 Å². The number of carbonyl (C=O) groups is 4. The van der Waals surface area contributed by atoms with Gasteiger partial charge in [0.05, 0.1) is 24.8 Å². The van der Waals surface area contributed by atoms with E-state index in [9.17, 15) is 19.2 Å². The Hall–Kier alpha value is -1.06. The molecule has 0 N–H and O–H groups in total. The van der Waals surface area contributed by atoms with Gasteiger partial charge in [-0.3, -0.25) is 33.9 Å². The fourth-order valence-corrected chi connectivity index (χ4v) is 3.00. The van der Waals surface area contributed by atoms with Gasteiger partial charge in [0.2, 0.25) is 11.8 Å². The number of nitrogens with zero attached hydrogens (tertiary/aromatic N) is 3. The van der Waals surface area contributed by atoms with Crippen LogP contribution in [0.4, 0.5) is 9.59 Å². The molecule has 0 aromatic heterocycles. The maximum absolute atomic E-state index is 11.4. The minimum atomic E-state index is -0.291. The second-order valence-corrected chi connectivity index (χ2v) is 5.74. The standard InChI is InChI=1S/C9H11N3O4S2/c1-10(4-11-6(13)2-17-8(11)15)5-12-7(14)3-18-9(12)16/h2-5H2,1H3. The van der Waals surface area contributed by atoms with Gasteiger partial charge in [-0.2, -0.15) is 0 Å². The highest BCUT2D eigenvalue weighted by molar-refractivity contribution is 8.15. The summed E-state index contributed by atoms with van der Waals surface area (Å²) in [5, 5.41) is -0.583. The highest BCUT2D eigenvalue weighted by atomic mass is 32.2. The molecule has 0 unspecified atom stereocenters. The molecule has 2 aliphatic rings. The molecule has 2 aliphatic heterocycles. The molecular formula is C9H11N3O4S2. The minimum Gasteiger partial charge on any atom is -0.273 e. The van der Waals surface area contributed by atoms with Gasteiger partial charge in [0.1, 0.15) is 0 Å². The third kappa shape index (κ3) is 2.68. The molecule has 0 radical (unpaired) electrons. The van der Waals surface area contributed by atoms with Gasteiger partial charge in [0, 0.05) is 0 Å². The van der Waals surface area contributed by atoms with Gasteiger partial charge in [-0.15, -0.1) is 0 Å². The van der Waals surface area contributed by atoms with Crippen molar-refractivity contribution in [2.75, 3.05) is 31.9 Å². The Labute approximate surface area is 112 Å². The summed E-state index contributed by atoms with van der Waals surface area (Å²) in [5.41, 5.74) is 0. The first-order valence-corrected chi connectivity index (χ1v) is 7.09. The summed E-state index contributed by atoms with van der Waals surface area (Å²) >= 11 is 1.92. The second-order valence-electron chi connectivity index (χ2n) is 3.89. The minimum absolute atomic E-state index is 0.0897. The molecule has 0 atom stereocenters. The largest absolute Gasteiger partial charge is 0.289 e. The molecule has 0 saturated carbocycles. The lowest BCUT2D eigenvalue weighted by Gasteiger charge is -2.25. The van der Waals surface area contributed by atoms with Crippen LogP contribution in [-0.4, -0.2) is 68.9 Å². The van der Waals surface area contributed by atoms with Crippen LogP contribution in [0.25, 0.3) is 0 Å². The molecule has 0 aliphatic carbocycles. The summed E-state index contributed by atoms with van der Waals surface area (Å²) in [5.74, 6) is -0.176. The van der Waals surface area contributed by atoms with Crippen molar-refractivity contribution in [2.45, 2.75) is 0 Å². The molecule has 0 bridgehead atoms. The number of hydrogen-bond donors (Lipinski definition) is 0. The van der Waals surface area contributed by atoms with Crippen LogP contribution in [0.15, 0.2) is 0 Å². The molecule has 2 heterocycles. The molecule has 0 spiro atoms. The topological polar surface area (TPSA) is 78.0 Å². The quantitative estimate of drug-likeness (QED) is 0.732. The lowest BCUT2D eigenvalue weighted by molar-refractivity contribution is -0.127. The van der Waals surface area contributed by atoms with Gasteiger partial charge in [0.15, 0.2) is 0 Å². The molecule has 18 heavy (non-hydrogen) atoms. The summed E-state index contributed by atoms with van der Waals surface area (Å²) in [7, 11) is 1.65. The molecule has 9 heteroatoms. The maximum atomic E-state index is 11.4. The fraction of sp³-hybridized carbons (Fsp3) is 0.556. The average Bonchev–Trinajstić information content (AvgIpc) is 2.79. The van der Waals surface area contributed by atoms with Gasteiger partial charge in [0.25, 0.3) is 10.5 Å². The van der Waals surface area contributed by atoms with E-state index in [-0.39, 0.29) is 47.1 Å². The van der Waals surface area contributed by atoms with Crippen LogP contribution >= 0.6 is 23.5 Å². The first kappa shape index (κ1) is 13.4. The molecule has 0 aromatic rings. The van der Waals surface area contributed by atoms with E-state index in [1.807, 2.05) is 0 Å². The van der Waals surface area contributed by atoms with E-state index in [2.05, 4.69) is 0 Å². The van der Waals surface area contributed by atoms with Crippen LogP contribution < -0.4 is 0 Å². The van der Waals surface area contributed by atoms with Crippen LogP contribution in [0.3, 0.4) is 0 Å². The van der Waals surface area contributed by atoms with Crippen molar-refractivity contribution in [1.82, 2.24) is 14.7 Å². The molecule has 2 rings (SSSR count). The Bertz CT molecular complexity index is 358. The number of amides is 4. The van der Waals surface area contributed by atoms with Crippen molar-refractivity contribution in [1.29, 1.82) is 0 Å². The highest BCUT2D eigenvalue weighted by Gasteiger charge is 2.33. The zero-order valence-corrected chi connectivity index (χ0v) is 11.3. The smallest absolute Gasteiger partial charge is 0.273 e. The van der Waals surface area contributed by atoms with E-state index in [1.165, 1.54) is 0 Å². The lowest BCUT2D eigenvalue weighted by atomic mass is 10.5. The first-order valence-electron chi connectivity index (χ1n) is 5.12. The highest BCUT2D eigenvalue weighted by Crippen LogP contribution is 2.21. The van der Waals surface area contributed by atoms with E-state index < -0.39 is 0 Å². The summed E-state index contributed by atoms with van der Waals surface area (Å²) in [6.45, 7) is 0.179. The van der Waals surface area contributed by atoms with Gasteiger partial charge < -0.3 is 0 Å². The monoisotopic (exact) mass is 289 g/mol. The predicted octanol–water partition coefficient (Wildman–Crippen LogP) is 0.224. The number of thioether (sulfide) groups is 2. The third-order valence-corrected chi connectivity index (χ3v) is 4.16. The Kier molecular flexibility index (Phi) is 3.93. The lowest BCUT2D eigenvalue weighted by Crippen LogP contribution is -2.45. The van der Waals surface area contributed by atoms with E-state index in [1.54, 1.807) is 11.9 Å². The summed E-state index contributed by atoms with van der Waals surface area (Å²) in [6, 6.07) is 0. The summed E-state index contributed by atoms with van der Waals surface area (Å²) < 4.78 is 0. The maximum Gasteiger partial charge on any atom is 0.289 e. The van der Waals surface area contributed by atoms with Gasteiger partial charge in [-0.25, -0.2) is 0 Å². The molecular weight excluding hydrogens is 278 g/mol. The number of carbonyl (C=O) groups excluding carboxylic acids is 4. The van der Waals surface area contributed by atoms with Crippen LogP contribution in [0.1, 0.15) is 0 Å². The van der Waals surface area contributed by atoms with Crippen molar-refractivity contribution in [3.05, 3.63) is 0 Å². The molecule has 2 saturated heterocycles. The van der Waals surface area contributed by atoms with Gasteiger partial charge in [-0.05, 0) is 7.05 Å². The Morgan fingerprint density at radius 1 is 0.944 bits per heavy atom. The van der Waals surface area contributed by atoms with Crippen LogP contribution in [0.2, 0.25) is 0 Å². The van der Waals surface area contributed by atoms with Crippen molar-refractivity contribution >= 4 is 45.8 Å². The molecule has 2 fully saturated rings. The van der Waals surface area contributed by atoms with Crippen molar-refractivity contribution in [2.24, 2.45) is 0 Å². The summed E-state index contributed by atoms with van der Waals surface area (Å²) in [4.78, 5) is 49.4. The fourth-order valence-electron chi connectivity index (χ4n) is 1.56. The van der Waals surface area contributed by atoms with Crippen LogP contribution in [-0.2, 0) is 9.59 Å². The third-order valence-electron chi connectivity index (χ3n) is 2.45. The van der Waals surface area contributed by atoms with E-state index in [0.29, 0.717) is 0 Å². The molecule has 7 nitrogen and oxygen atoms in total. The number of rotatable bonds is 4. The summed E-state index contributed by atoms with van der Waals surface area (Å²) in [6.07, 6.45) is 0. The predicted molar refractivity (Wildman–Crippen MR) is 66.9 cm³/mol. The van der Waals surface area contributed by atoms with Crippen LogP contribution in [0, 0.1) is 0 Å². The molecule has 98 valence electrons. The molecule has 4 amide bonds. The molecule has 0 aromatic carbocycles. The SMILES string of the molecule is CN(CN1C(=O)CSC1=O)CN1C(=O)CSC1=O. The number of hydrogen-bond acceptors (Lipinski definition) is 7. The Morgan fingerprint density at radius 2 is 1.33 bits per heavy atom. The van der Waals surface area contributed by atoms with Gasteiger partial charge >= 0.3 is 0 Å². The van der Waals surface area contributed by atoms with Crippen molar-refractivity contribution < 1.29 is 19.2 Å². The Balaban J connectivity index is 1.90. The Morgan fingerprint density at radius 3 is 1.61 bits per heavy atom. The normalized spacial score (nSPS) is 20.8. The van der Waals surface area contributed by atoms with E-state index in [0.717, 1.165) is 33.3 Å².